The highest BCUT2D eigenvalue weighted by Gasteiger charge is 2.17. The van der Waals surface area contributed by atoms with Crippen molar-refractivity contribution in [1.29, 1.82) is 0 Å². The predicted octanol–water partition coefficient (Wildman–Crippen LogP) is 0.696. The van der Waals surface area contributed by atoms with Gasteiger partial charge in [0.25, 0.3) is 0 Å². The molecule has 0 saturated heterocycles. The molecule has 0 aliphatic heterocycles. The highest BCUT2D eigenvalue weighted by Crippen LogP contribution is 2.03. The Morgan fingerprint density at radius 3 is 2.24 bits per heavy atom. The molecular weight excluding hydrogens is 242 g/mol. The molecule has 0 bridgehead atoms. The van der Waals surface area contributed by atoms with E-state index in [2.05, 4.69) is 17.9 Å². The Balaban J connectivity index is 0. The zero-order chi connectivity index (χ0) is 13.8. The van der Waals surface area contributed by atoms with Crippen LogP contribution in [0.2, 0.25) is 0 Å². The number of hydrogen-bond acceptors (Lipinski definition) is 4. The van der Waals surface area contributed by atoms with E-state index in [0.717, 1.165) is 0 Å². The molecule has 0 saturated carbocycles. The minimum Gasteiger partial charge on any atom is -0.481 e. The number of aliphatic hydroxyl groups is 1. The predicted molar refractivity (Wildman–Crippen MR) is 70.2 cm³/mol. The van der Waals surface area contributed by atoms with Crippen molar-refractivity contribution in [1.82, 2.24) is 5.32 Å². The first kappa shape index (κ1) is 18.4. The Kier molecular flexibility index (Phi) is 12.4. The van der Waals surface area contributed by atoms with Gasteiger partial charge in [-0.2, -0.15) is 12.6 Å². The smallest absolute Gasteiger partial charge is 0.309 e. The molecule has 0 aromatic heterocycles. The van der Waals surface area contributed by atoms with Gasteiger partial charge in [-0.3, -0.25) is 9.59 Å². The summed E-state index contributed by atoms with van der Waals surface area (Å²) in [6.07, 6.45) is 2.21. The lowest BCUT2D eigenvalue weighted by atomic mass is 10.1. The fraction of sp³-hybridized carbons (Fsp3) is 0.636. The molecule has 0 aromatic carbocycles. The molecule has 1 amide bonds. The van der Waals surface area contributed by atoms with Crippen molar-refractivity contribution in [2.75, 3.05) is 12.3 Å². The SMILES string of the molecule is C/C=C/C(O)C(C)C(=O)O.CC(=O)NCCS. The number of rotatable bonds is 5. The zero-order valence-electron chi connectivity index (χ0n) is 10.4. The number of aliphatic hydroxyl groups excluding tert-OH is 1. The molecule has 5 nitrogen and oxygen atoms in total. The average molecular weight is 263 g/mol. The maximum atomic E-state index is 10.2. The third-order valence-electron chi connectivity index (χ3n) is 1.78. The molecule has 0 radical (unpaired) electrons. The van der Waals surface area contributed by atoms with Crippen LogP contribution in [0, 0.1) is 5.92 Å². The number of amides is 1. The number of carbonyl (C=O) groups is 2. The van der Waals surface area contributed by atoms with E-state index >= 15 is 0 Å². The highest BCUT2D eigenvalue weighted by molar-refractivity contribution is 7.80. The van der Waals surface area contributed by atoms with Crippen molar-refractivity contribution in [3.8, 4) is 0 Å². The van der Waals surface area contributed by atoms with E-state index in [1.807, 2.05) is 0 Å². The first-order chi connectivity index (χ1) is 7.86. The maximum Gasteiger partial charge on any atom is 0.309 e. The molecule has 0 spiro atoms. The normalized spacial score (nSPS) is 13.5. The van der Waals surface area contributed by atoms with Crippen LogP contribution in [0.25, 0.3) is 0 Å². The molecule has 17 heavy (non-hydrogen) atoms. The topological polar surface area (TPSA) is 86.6 Å². The van der Waals surface area contributed by atoms with Gasteiger partial charge in [0.15, 0.2) is 0 Å². The van der Waals surface area contributed by atoms with E-state index in [1.165, 1.54) is 19.9 Å². The zero-order valence-corrected chi connectivity index (χ0v) is 11.3. The Labute approximate surface area is 107 Å². The molecule has 0 rings (SSSR count). The van der Waals surface area contributed by atoms with Crippen LogP contribution in [0.1, 0.15) is 20.8 Å². The number of aliphatic carboxylic acids is 1. The fourth-order valence-corrected chi connectivity index (χ4v) is 0.854. The lowest BCUT2D eigenvalue weighted by molar-refractivity contribution is -0.143. The summed E-state index contributed by atoms with van der Waals surface area (Å²) in [5.41, 5.74) is 0. The summed E-state index contributed by atoms with van der Waals surface area (Å²) in [5, 5.41) is 20.0. The molecule has 2 atom stereocenters. The summed E-state index contributed by atoms with van der Waals surface area (Å²) in [6.45, 7) is 5.35. The van der Waals surface area contributed by atoms with Crippen molar-refractivity contribution in [3.05, 3.63) is 12.2 Å². The summed E-state index contributed by atoms with van der Waals surface area (Å²) >= 11 is 3.88. The molecule has 0 aromatic rings. The fourth-order valence-electron chi connectivity index (χ4n) is 0.742. The summed E-state index contributed by atoms with van der Waals surface area (Å²) in [6, 6.07) is 0. The van der Waals surface area contributed by atoms with Crippen LogP contribution >= 0.6 is 12.6 Å². The van der Waals surface area contributed by atoms with E-state index in [4.69, 9.17) is 10.2 Å². The van der Waals surface area contributed by atoms with Gasteiger partial charge in [-0.15, -0.1) is 0 Å². The second kappa shape index (κ2) is 11.5. The Bertz CT molecular complexity index is 256. The molecule has 0 aliphatic carbocycles. The third kappa shape index (κ3) is 12.9. The van der Waals surface area contributed by atoms with Crippen LogP contribution in [-0.4, -0.2) is 40.5 Å². The maximum absolute atomic E-state index is 10.2. The van der Waals surface area contributed by atoms with Crippen LogP contribution in [0.15, 0.2) is 12.2 Å². The molecule has 6 heteroatoms. The third-order valence-corrected chi connectivity index (χ3v) is 2.00. The van der Waals surface area contributed by atoms with Crippen molar-refractivity contribution in [2.45, 2.75) is 26.9 Å². The molecule has 0 heterocycles. The van der Waals surface area contributed by atoms with Crippen LogP contribution in [0.3, 0.4) is 0 Å². The first-order valence-corrected chi connectivity index (χ1v) is 5.89. The van der Waals surface area contributed by atoms with Gasteiger partial charge in [0.2, 0.25) is 5.91 Å². The van der Waals surface area contributed by atoms with Gasteiger partial charge in [0.05, 0.1) is 12.0 Å². The van der Waals surface area contributed by atoms with Crippen LogP contribution < -0.4 is 5.32 Å². The van der Waals surface area contributed by atoms with Crippen molar-refractivity contribution in [3.63, 3.8) is 0 Å². The standard InChI is InChI=1S/C7H12O3.C4H9NOS/c1-3-4-6(8)5(2)7(9)10;1-4(6)5-2-3-7/h3-6,8H,1-2H3,(H,9,10);7H,2-3H2,1H3,(H,5,6)/b4-3+;. The summed E-state index contributed by atoms with van der Waals surface area (Å²) in [7, 11) is 0. The number of hydrogen-bond donors (Lipinski definition) is 4. The molecule has 3 N–H and O–H groups in total. The van der Waals surface area contributed by atoms with E-state index in [1.54, 1.807) is 13.0 Å². The van der Waals surface area contributed by atoms with Gasteiger partial charge in [0.1, 0.15) is 0 Å². The van der Waals surface area contributed by atoms with Crippen LogP contribution in [0.4, 0.5) is 0 Å². The Hall–Kier alpha value is -1.01. The quantitative estimate of drug-likeness (QED) is 0.434. The monoisotopic (exact) mass is 263 g/mol. The Morgan fingerprint density at radius 1 is 1.47 bits per heavy atom. The van der Waals surface area contributed by atoms with Gasteiger partial charge >= 0.3 is 5.97 Å². The molecular formula is C11H21NO4S. The van der Waals surface area contributed by atoms with Crippen molar-refractivity contribution < 1.29 is 19.8 Å². The number of allylic oxidation sites excluding steroid dienone is 1. The minimum atomic E-state index is -0.981. The van der Waals surface area contributed by atoms with Crippen LogP contribution in [-0.2, 0) is 9.59 Å². The van der Waals surface area contributed by atoms with Crippen LogP contribution in [0.5, 0.6) is 0 Å². The largest absolute Gasteiger partial charge is 0.481 e. The van der Waals surface area contributed by atoms with Gasteiger partial charge in [-0.05, 0) is 13.8 Å². The van der Waals surface area contributed by atoms with Crippen molar-refractivity contribution in [2.24, 2.45) is 5.92 Å². The highest BCUT2D eigenvalue weighted by atomic mass is 32.1. The summed E-state index contributed by atoms with van der Waals surface area (Å²) in [4.78, 5) is 20.3. The first-order valence-electron chi connectivity index (χ1n) is 5.25. The summed E-state index contributed by atoms with van der Waals surface area (Å²) in [5.74, 6) is -0.990. The lowest BCUT2D eigenvalue weighted by Crippen LogP contribution is -2.23. The number of carbonyl (C=O) groups excluding carboxylic acids is 1. The van der Waals surface area contributed by atoms with Crippen molar-refractivity contribution >= 4 is 24.5 Å². The molecule has 0 fully saturated rings. The Morgan fingerprint density at radius 2 is 2.00 bits per heavy atom. The molecule has 0 aliphatic rings. The van der Waals surface area contributed by atoms with E-state index in [0.29, 0.717) is 12.3 Å². The number of carboxylic acids is 1. The van der Waals surface area contributed by atoms with E-state index < -0.39 is 18.0 Å². The van der Waals surface area contributed by atoms with Gasteiger partial charge in [-0.1, -0.05) is 12.2 Å². The summed E-state index contributed by atoms with van der Waals surface area (Å²) < 4.78 is 0. The second-order valence-corrected chi connectivity index (χ2v) is 3.80. The van der Waals surface area contributed by atoms with E-state index in [-0.39, 0.29) is 5.91 Å². The number of carboxylic acid groups (broad SMARTS) is 1. The average Bonchev–Trinajstić information content (AvgIpc) is 2.26. The molecule has 100 valence electrons. The second-order valence-electron chi connectivity index (χ2n) is 3.35. The minimum absolute atomic E-state index is 0.00838. The number of thiol groups is 1. The number of nitrogens with one attached hydrogen (secondary N) is 1. The van der Waals surface area contributed by atoms with Gasteiger partial charge in [0, 0.05) is 19.2 Å². The molecule has 2 unspecified atom stereocenters. The van der Waals surface area contributed by atoms with Gasteiger partial charge in [-0.25, -0.2) is 0 Å². The van der Waals surface area contributed by atoms with Gasteiger partial charge < -0.3 is 15.5 Å². The lowest BCUT2D eigenvalue weighted by Gasteiger charge is -2.08. The van der Waals surface area contributed by atoms with E-state index in [9.17, 15) is 9.59 Å².